The van der Waals surface area contributed by atoms with Crippen LogP contribution in [-0.4, -0.2) is 64.4 Å². The van der Waals surface area contributed by atoms with E-state index in [1.54, 1.807) is 17.7 Å². The van der Waals surface area contributed by atoms with Gasteiger partial charge in [0.15, 0.2) is 5.96 Å². The molecule has 0 fully saturated rings. The van der Waals surface area contributed by atoms with E-state index >= 15 is 0 Å². The van der Waals surface area contributed by atoms with Crippen molar-refractivity contribution in [2.75, 3.05) is 32.7 Å². The standard InChI is InChI=1S/C22H39N7S.HI/c1-5-21-27-25-18-29(21)16-14-24-22(23-13-12-20-11-9-17-30-20)26-19(4)10-8-15-28(6-2)7-3;/h9,11,17-19H,5-8,10,12-16H2,1-4H3,(H2,23,24,26);1H. The number of aliphatic imine (C=N–C) groups is 1. The van der Waals surface area contributed by atoms with Crippen LogP contribution in [0, 0.1) is 0 Å². The molecule has 0 amide bonds. The number of aromatic nitrogens is 3. The van der Waals surface area contributed by atoms with Gasteiger partial charge in [-0.25, -0.2) is 0 Å². The molecule has 2 rings (SSSR count). The summed E-state index contributed by atoms with van der Waals surface area (Å²) in [6.45, 7) is 14.6. The molecule has 2 heterocycles. The van der Waals surface area contributed by atoms with Crippen LogP contribution in [0.4, 0.5) is 0 Å². The second kappa shape index (κ2) is 16.4. The number of guanidine groups is 1. The first-order valence-corrected chi connectivity index (χ1v) is 12.2. The van der Waals surface area contributed by atoms with Gasteiger partial charge in [0, 0.05) is 43.4 Å². The first-order valence-electron chi connectivity index (χ1n) is 11.3. The molecule has 2 aromatic rings. The molecule has 9 heteroatoms. The molecule has 176 valence electrons. The summed E-state index contributed by atoms with van der Waals surface area (Å²) in [6, 6.07) is 4.66. The summed E-state index contributed by atoms with van der Waals surface area (Å²) in [7, 11) is 0. The van der Waals surface area contributed by atoms with Gasteiger partial charge in [0.25, 0.3) is 0 Å². The van der Waals surface area contributed by atoms with Crippen LogP contribution >= 0.6 is 35.3 Å². The van der Waals surface area contributed by atoms with E-state index in [9.17, 15) is 0 Å². The monoisotopic (exact) mass is 561 g/mol. The maximum atomic E-state index is 4.83. The molecule has 31 heavy (non-hydrogen) atoms. The average Bonchev–Trinajstić information content (AvgIpc) is 3.43. The minimum atomic E-state index is 0. The number of halogens is 1. The van der Waals surface area contributed by atoms with Gasteiger partial charge < -0.3 is 20.1 Å². The summed E-state index contributed by atoms with van der Waals surface area (Å²) in [6.07, 6.45) is 6.00. The van der Waals surface area contributed by atoms with Crippen molar-refractivity contribution in [1.29, 1.82) is 0 Å². The molecule has 0 aliphatic rings. The molecule has 0 saturated heterocycles. The van der Waals surface area contributed by atoms with Crippen molar-refractivity contribution in [2.45, 2.75) is 66.0 Å². The number of nitrogens with one attached hydrogen (secondary N) is 2. The highest BCUT2D eigenvalue weighted by molar-refractivity contribution is 14.0. The zero-order chi connectivity index (χ0) is 21.6. The number of hydrogen-bond donors (Lipinski definition) is 2. The highest BCUT2D eigenvalue weighted by atomic mass is 127. The molecule has 1 atom stereocenters. The Balaban J connectivity index is 0.00000480. The lowest BCUT2D eigenvalue weighted by molar-refractivity contribution is 0.292. The maximum Gasteiger partial charge on any atom is 0.191 e. The lowest BCUT2D eigenvalue weighted by Gasteiger charge is -2.21. The molecule has 0 aromatic carbocycles. The average molecular weight is 562 g/mol. The van der Waals surface area contributed by atoms with Gasteiger partial charge in [0.05, 0.1) is 0 Å². The van der Waals surface area contributed by atoms with E-state index in [2.05, 4.69) is 75.5 Å². The highest BCUT2D eigenvalue weighted by Crippen LogP contribution is 2.09. The lowest BCUT2D eigenvalue weighted by atomic mass is 10.2. The summed E-state index contributed by atoms with van der Waals surface area (Å²) in [5.41, 5.74) is 0. The van der Waals surface area contributed by atoms with Gasteiger partial charge in [-0.05, 0) is 50.8 Å². The summed E-state index contributed by atoms with van der Waals surface area (Å²) in [4.78, 5) is 8.68. The van der Waals surface area contributed by atoms with Crippen molar-refractivity contribution in [3.63, 3.8) is 0 Å². The van der Waals surface area contributed by atoms with E-state index in [0.717, 1.165) is 70.3 Å². The second-order valence-electron chi connectivity index (χ2n) is 7.50. The smallest absolute Gasteiger partial charge is 0.191 e. The van der Waals surface area contributed by atoms with E-state index in [1.807, 2.05) is 0 Å². The fourth-order valence-electron chi connectivity index (χ4n) is 3.39. The van der Waals surface area contributed by atoms with E-state index in [0.29, 0.717) is 6.04 Å². The normalized spacial score (nSPS) is 12.6. The quantitative estimate of drug-likeness (QED) is 0.209. The van der Waals surface area contributed by atoms with Crippen molar-refractivity contribution in [3.05, 3.63) is 34.5 Å². The largest absolute Gasteiger partial charge is 0.355 e. The zero-order valence-corrected chi connectivity index (χ0v) is 22.7. The van der Waals surface area contributed by atoms with Crippen LogP contribution in [0.3, 0.4) is 0 Å². The number of aryl methyl sites for hydroxylation is 1. The van der Waals surface area contributed by atoms with Crippen LogP contribution in [0.1, 0.15) is 51.2 Å². The maximum absolute atomic E-state index is 4.83. The molecule has 0 radical (unpaired) electrons. The number of thiophene rings is 1. The van der Waals surface area contributed by atoms with Crippen LogP contribution in [0.15, 0.2) is 28.8 Å². The van der Waals surface area contributed by atoms with Gasteiger partial charge >= 0.3 is 0 Å². The number of hydrogen-bond acceptors (Lipinski definition) is 5. The Hall–Kier alpha value is -1.20. The fraction of sp³-hybridized carbons (Fsp3) is 0.682. The minimum Gasteiger partial charge on any atom is -0.355 e. The third-order valence-electron chi connectivity index (χ3n) is 5.25. The van der Waals surface area contributed by atoms with Gasteiger partial charge in [-0.3, -0.25) is 4.99 Å². The molecule has 2 N–H and O–H groups in total. The van der Waals surface area contributed by atoms with Gasteiger partial charge in [0.1, 0.15) is 12.2 Å². The molecule has 7 nitrogen and oxygen atoms in total. The Kier molecular flexibility index (Phi) is 14.8. The van der Waals surface area contributed by atoms with Crippen LogP contribution in [-0.2, 0) is 19.4 Å². The second-order valence-corrected chi connectivity index (χ2v) is 8.53. The molecule has 0 aliphatic heterocycles. The van der Waals surface area contributed by atoms with Gasteiger partial charge in [-0.15, -0.1) is 45.5 Å². The third kappa shape index (κ3) is 10.8. The fourth-order valence-corrected chi connectivity index (χ4v) is 4.08. The Bertz CT molecular complexity index is 713. The molecular weight excluding hydrogens is 521 g/mol. The van der Waals surface area contributed by atoms with Crippen molar-refractivity contribution in [2.24, 2.45) is 4.99 Å². The first-order chi connectivity index (χ1) is 14.7. The molecule has 2 aromatic heterocycles. The highest BCUT2D eigenvalue weighted by Gasteiger charge is 2.08. The minimum absolute atomic E-state index is 0. The predicted molar refractivity (Wildman–Crippen MR) is 143 cm³/mol. The summed E-state index contributed by atoms with van der Waals surface area (Å²) >= 11 is 1.79. The molecular formula is C22H40IN7S. The molecule has 0 bridgehead atoms. The Morgan fingerprint density at radius 1 is 1.29 bits per heavy atom. The summed E-state index contributed by atoms with van der Waals surface area (Å²) in [5, 5.41) is 17.4. The third-order valence-corrected chi connectivity index (χ3v) is 6.19. The molecule has 0 saturated carbocycles. The van der Waals surface area contributed by atoms with Crippen LogP contribution in [0.5, 0.6) is 0 Å². The van der Waals surface area contributed by atoms with E-state index < -0.39 is 0 Å². The van der Waals surface area contributed by atoms with E-state index in [4.69, 9.17) is 4.99 Å². The van der Waals surface area contributed by atoms with Gasteiger partial charge in [-0.1, -0.05) is 26.8 Å². The zero-order valence-electron chi connectivity index (χ0n) is 19.5. The Morgan fingerprint density at radius 2 is 2.10 bits per heavy atom. The van der Waals surface area contributed by atoms with Crippen molar-refractivity contribution >= 4 is 41.3 Å². The van der Waals surface area contributed by atoms with Crippen molar-refractivity contribution in [3.8, 4) is 0 Å². The molecule has 1 unspecified atom stereocenters. The van der Waals surface area contributed by atoms with Gasteiger partial charge in [-0.2, -0.15) is 0 Å². The molecule has 0 aliphatic carbocycles. The van der Waals surface area contributed by atoms with Crippen LogP contribution in [0.2, 0.25) is 0 Å². The number of rotatable bonds is 14. The predicted octanol–water partition coefficient (Wildman–Crippen LogP) is 3.81. The Morgan fingerprint density at radius 3 is 2.77 bits per heavy atom. The Labute approximate surface area is 209 Å². The molecule has 0 spiro atoms. The first kappa shape index (κ1) is 27.8. The SMILES string of the molecule is CCc1nncn1CCNC(=NCCc1cccs1)NC(C)CCCN(CC)CC.I. The number of nitrogens with zero attached hydrogens (tertiary/aromatic N) is 5. The van der Waals surface area contributed by atoms with Crippen molar-refractivity contribution < 1.29 is 0 Å². The summed E-state index contributed by atoms with van der Waals surface area (Å²) in [5.74, 6) is 1.92. The van der Waals surface area contributed by atoms with Crippen molar-refractivity contribution in [1.82, 2.24) is 30.3 Å². The van der Waals surface area contributed by atoms with Crippen LogP contribution < -0.4 is 10.6 Å². The van der Waals surface area contributed by atoms with Crippen LogP contribution in [0.25, 0.3) is 0 Å². The lowest BCUT2D eigenvalue weighted by Crippen LogP contribution is -2.43. The summed E-state index contributed by atoms with van der Waals surface area (Å²) < 4.78 is 2.10. The van der Waals surface area contributed by atoms with E-state index in [1.165, 1.54) is 11.3 Å². The topological polar surface area (TPSA) is 70.4 Å². The van der Waals surface area contributed by atoms with Gasteiger partial charge in [0.2, 0.25) is 0 Å². The van der Waals surface area contributed by atoms with E-state index in [-0.39, 0.29) is 24.0 Å².